The molecule has 24 heavy (non-hydrogen) atoms. The SMILES string of the molecule is Cc1nsc(-c2nccc3c2CCN(C(=O)OC(C)(C)C)C3C)n1. The molecular weight excluding hydrogens is 324 g/mol. The van der Waals surface area contributed by atoms with Gasteiger partial charge >= 0.3 is 6.09 Å². The number of hydrogen-bond donors (Lipinski definition) is 0. The topological polar surface area (TPSA) is 68.2 Å². The molecule has 1 unspecified atom stereocenters. The first kappa shape index (κ1) is 16.8. The zero-order valence-electron chi connectivity index (χ0n) is 14.7. The molecule has 0 saturated heterocycles. The lowest BCUT2D eigenvalue weighted by Crippen LogP contribution is -2.42. The van der Waals surface area contributed by atoms with Crippen molar-refractivity contribution < 1.29 is 9.53 Å². The molecular formula is C17H22N4O2S. The van der Waals surface area contributed by atoms with Gasteiger partial charge in [-0.2, -0.15) is 4.37 Å². The molecule has 1 aliphatic rings. The Morgan fingerprint density at radius 1 is 1.42 bits per heavy atom. The maximum Gasteiger partial charge on any atom is 0.410 e. The van der Waals surface area contributed by atoms with Crippen LogP contribution in [-0.4, -0.2) is 37.5 Å². The minimum Gasteiger partial charge on any atom is -0.444 e. The second-order valence-electron chi connectivity index (χ2n) is 6.97. The van der Waals surface area contributed by atoms with Gasteiger partial charge in [0.05, 0.1) is 6.04 Å². The molecule has 7 heteroatoms. The van der Waals surface area contributed by atoms with Gasteiger partial charge < -0.3 is 9.64 Å². The zero-order valence-corrected chi connectivity index (χ0v) is 15.5. The van der Waals surface area contributed by atoms with Gasteiger partial charge in [0.2, 0.25) is 0 Å². The fraction of sp³-hybridized carbons (Fsp3) is 0.529. The van der Waals surface area contributed by atoms with Crippen LogP contribution in [0.15, 0.2) is 12.3 Å². The summed E-state index contributed by atoms with van der Waals surface area (Å²) in [6, 6.07) is 1.92. The maximum absolute atomic E-state index is 12.5. The molecule has 3 heterocycles. The molecule has 0 N–H and O–H groups in total. The van der Waals surface area contributed by atoms with Crippen LogP contribution < -0.4 is 0 Å². The molecule has 0 spiro atoms. The number of aryl methyl sites for hydroxylation is 1. The third kappa shape index (κ3) is 3.26. The Hall–Kier alpha value is -2.02. The second kappa shape index (κ2) is 6.12. The Balaban J connectivity index is 1.92. The lowest BCUT2D eigenvalue weighted by atomic mass is 9.93. The molecule has 6 nitrogen and oxygen atoms in total. The van der Waals surface area contributed by atoms with Crippen LogP contribution in [0.1, 0.15) is 50.7 Å². The van der Waals surface area contributed by atoms with Crippen molar-refractivity contribution in [1.82, 2.24) is 19.2 Å². The molecule has 128 valence electrons. The minimum atomic E-state index is -0.495. The van der Waals surface area contributed by atoms with E-state index in [-0.39, 0.29) is 12.1 Å². The Bertz CT molecular complexity index is 766. The highest BCUT2D eigenvalue weighted by molar-refractivity contribution is 7.09. The van der Waals surface area contributed by atoms with E-state index in [1.807, 2.05) is 40.7 Å². The van der Waals surface area contributed by atoms with Gasteiger partial charge in [0.15, 0.2) is 5.01 Å². The van der Waals surface area contributed by atoms with Crippen molar-refractivity contribution in [2.75, 3.05) is 6.54 Å². The summed E-state index contributed by atoms with van der Waals surface area (Å²) in [7, 11) is 0. The van der Waals surface area contributed by atoms with Crippen molar-refractivity contribution in [2.45, 2.75) is 52.7 Å². The Morgan fingerprint density at radius 2 is 2.17 bits per heavy atom. The number of carbonyl (C=O) groups excluding carboxylic acids is 1. The fourth-order valence-electron chi connectivity index (χ4n) is 2.90. The van der Waals surface area contributed by atoms with Gasteiger partial charge in [0.25, 0.3) is 0 Å². The van der Waals surface area contributed by atoms with E-state index in [4.69, 9.17) is 4.74 Å². The van der Waals surface area contributed by atoms with E-state index in [0.717, 1.165) is 34.1 Å². The molecule has 0 aliphatic carbocycles. The standard InChI is InChI=1S/C17H22N4O2S/c1-10-12-6-8-18-14(15-19-11(2)20-24-15)13(12)7-9-21(10)16(22)23-17(3,4)5/h6,8,10H,7,9H2,1-5H3. The normalized spacial score (nSPS) is 17.5. The van der Waals surface area contributed by atoms with Gasteiger partial charge in [-0.05, 0) is 69.8 Å². The first-order chi connectivity index (χ1) is 11.3. The molecule has 0 bridgehead atoms. The average Bonchev–Trinajstić information content (AvgIpc) is 2.91. The van der Waals surface area contributed by atoms with Gasteiger partial charge in [0, 0.05) is 12.7 Å². The van der Waals surface area contributed by atoms with Gasteiger partial charge in [-0.1, -0.05) is 0 Å². The highest BCUT2D eigenvalue weighted by Gasteiger charge is 2.32. The van der Waals surface area contributed by atoms with E-state index in [1.165, 1.54) is 11.5 Å². The Kier molecular flexibility index (Phi) is 4.29. The minimum absolute atomic E-state index is 0.0561. The lowest BCUT2D eigenvalue weighted by molar-refractivity contribution is 0.0159. The smallest absolute Gasteiger partial charge is 0.410 e. The quantitative estimate of drug-likeness (QED) is 0.786. The van der Waals surface area contributed by atoms with E-state index >= 15 is 0 Å². The molecule has 0 fully saturated rings. The highest BCUT2D eigenvalue weighted by atomic mass is 32.1. The highest BCUT2D eigenvalue weighted by Crippen LogP contribution is 2.35. The van der Waals surface area contributed by atoms with Crippen molar-refractivity contribution >= 4 is 17.6 Å². The number of aromatic nitrogens is 3. The van der Waals surface area contributed by atoms with E-state index in [2.05, 4.69) is 14.3 Å². The van der Waals surface area contributed by atoms with Crippen molar-refractivity contribution in [1.29, 1.82) is 0 Å². The van der Waals surface area contributed by atoms with Gasteiger partial charge in [-0.3, -0.25) is 4.98 Å². The summed E-state index contributed by atoms with van der Waals surface area (Å²) in [5, 5.41) is 0.835. The largest absolute Gasteiger partial charge is 0.444 e. The molecule has 1 atom stereocenters. The number of ether oxygens (including phenoxy) is 1. The van der Waals surface area contributed by atoms with Crippen LogP contribution >= 0.6 is 11.5 Å². The van der Waals surface area contributed by atoms with Crippen LogP contribution in [0.4, 0.5) is 4.79 Å². The first-order valence-corrected chi connectivity index (χ1v) is 8.81. The van der Waals surface area contributed by atoms with Crippen LogP contribution in [0.3, 0.4) is 0 Å². The van der Waals surface area contributed by atoms with Crippen LogP contribution in [-0.2, 0) is 11.2 Å². The fourth-order valence-corrected chi connectivity index (χ4v) is 3.60. The zero-order chi connectivity index (χ0) is 17.5. The van der Waals surface area contributed by atoms with Crippen molar-refractivity contribution in [3.63, 3.8) is 0 Å². The van der Waals surface area contributed by atoms with E-state index in [9.17, 15) is 4.79 Å². The predicted molar refractivity (Wildman–Crippen MR) is 92.9 cm³/mol. The molecule has 1 aliphatic heterocycles. The summed E-state index contributed by atoms with van der Waals surface area (Å²) in [4.78, 5) is 23.2. The van der Waals surface area contributed by atoms with Crippen molar-refractivity contribution in [3.8, 4) is 10.7 Å². The summed E-state index contributed by atoms with van der Waals surface area (Å²) >= 11 is 1.36. The summed E-state index contributed by atoms with van der Waals surface area (Å²) < 4.78 is 9.78. The number of carbonyl (C=O) groups is 1. The molecule has 2 aromatic heterocycles. The van der Waals surface area contributed by atoms with Gasteiger partial charge in [0.1, 0.15) is 17.1 Å². The summed E-state index contributed by atoms with van der Waals surface area (Å²) in [5.41, 5.74) is 2.64. The summed E-state index contributed by atoms with van der Waals surface area (Å²) in [6.07, 6.45) is 2.24. The van der Waals surface area contributed by atoms with Gasteiger partial charge in [-0.25, -0.2) is 9.78 Å². The van der Waals surface area contributed by atoms with Crippen molar-refractivity contribution in [2.24, 2.45) is 0 Å². The number of rotatable bonds is 1. The second-order valence-corrected chi connectivity index (χ2v) is 7.73. The lowest BCUT2D eigenvalue weighted by Gasteiger charge is -2.36. The van der Waals surface area contributed by atoms with E-state index in [1.54, 1.807) is 11.1 Å². The monoisotopic (exact) mass is 346 g/mol. The number of nitrogens with zero attached hydrogens (tertiary/aromatic N) is 4. The average molecular weight is 346 g/mol. The third-order valence-electron chi connectivity index (χ3n) is 3.97. The van der Waals surface area contributed by atoms with Crippen LogP contribution in [0.5, 0.6) is 0 Å². The molecule has 0 saturated carbocycles. The van der Waals surface area contributed by atoms with E-state index in [0.29, 0.717) is 6.54 Å². The Morgan fingerprint density at radius 3 is 2.79 bits per heavy atom. The van der Waals surface area contributed by atoms with E-state index < -0.39 is 5.60 Å². The number of amides is 1. The number of fused-ring (bicyclic) bond motifs is 1. The Labute approximate surface area is 146 Å². The first-order valence-electron chi connectivity index (χ1n) is 8.04. The predicted octanol–water partition coefficient (Wildman–Crippen LogP) is 3.76. The van der Waals surface area contributed by atoms with Crippen LogP contribution in [0, 0.1) is 6.92 Å². The third-order valence-corrected chi connectivity index (χ3v) is 4.78. The van der Waals surface area contributed by atoms with Gasteiger partial charge in [-0.15, -0.1) is 0 Å². The van der Waals surface area contributed by atoms with Crippen molar-refractivity contribution in [3.05, 3.63) is 29.2 Å². The molecule has 3 rings (SSSR count). The summed E-state index contributed by atoms with van der Waals surface area (Å²) in [5.74, 6) is 0.758. The number of hydrogen-bond acceptors (Lipinski definition) is 6. The van der Waals surface area contributed by atoms with Crippen LogP contribution in [0.25, 0.3) is 10.7 Å². The molecule has 0 aromatic carbocycles. The number of pyridine rings is 1. The summed E-state index contributed by atoms with van der Waals surface area (Å²) in [6.45, 7) is 10.2. The van der Waals surface area contributed by atoms with Crippen LogP contribution in [0.2, 0.25) is 0 Å². The maximum atomic E-state index is 12.5. The molecule has 2 aromatic rings. The molecule has 1 amide bonds. The molecule has 0 radical (unpaired) electrons.